The zero-order valence-electron chi connectivity index (χ0n) is 35.6. The fourth-order valence-corrected chi connectivity index (χ4v) is 9.67. The van der Waals surface area contributed by atoms with Gasteiger partial charge in [-0.2, -0.15) is 0 Å². The van der Waals surface area contributed by atoms with Crippen LogP contribution in [0.3, 0.4) is 0 Å². The number of nitrogens with one attached hydrogen (secondary N) is 4. The Kier molecular flexibility index (Phi) is 18.3. The Morgan fingerprint density at radius 2 is 1.66 bits per heavy atom. The smallest absolute Gasteiger partial charge is 0.256 e. The van der Waals surface area contributed by atoms with Crippen molar-refractivity contribution in [2.75, 3.05) is 90.9 Å². The van der Waals surface area contributed by atoms with Gasteiger partial charge in [0.05, 0.1) is 93.9 Å². The number of fused-ring (bicyclic) bond motifs is 1. The molecule has 0 saturated carbocycles. The number of ether oxygens (including phenoxy) is 4. The molecule has 0 radical (unpaired) electrons. The molecule has 3 aromatic heterocycles. The van der Waals surface area contributed by atoms with E-state index in [9.17, 15) is 24.0 Å². The first-order valence-corrected chi connectivity index (χ1v) is 23.7. The van der Waals surface area contributed by atoms with E-state index >= 15 is 0 Å². The van der Waals surface area contributed by atoms with Crippen molar-refractivity contribution in [2.24, 2.45) is 5.92 Å². The Hall–Kier alpha value is -3.80. The van der Waals surface area contributed by atoms with Crippen molar-refractivity contribution in [3.63, 3.8) is 0 Å². The van der Waals surface area contributed by atoms with E-state index in [0.717, 1.165) is 52.9 Å². The van der Waals surface area contributed by atoms with E-state index < -0.39 is 11.9 Å². The summed E-state index contributed by atoms with van der Waals surface area (Å²) in [6, 6.07) is -0.663. The molecule has 0 aromatic carbocycles. The number of hydrogen-bond donors (Lipinski definition) is 4. The van der Waals surface area contributed by atoms with Crippen LogP contribution in [-0.4, -0.2) is 141 Å². The van der Waals surface area contributed by atoms with Crippen LogP contribution in [0, 0.1) is 5.92 Å². The van der Waals surface area contributed by atoms with Gasteiger partial charge in [-0.25, -0.2) is 9.97 Å². The predicted molar refractivity (Wildman–Crippen MR) is 233 cm³/mol. The van der Waals surface area contributed by atoms with Gasteiger partial charge >= 0.3 is 0 Å². The van der Waals surface area contributed by atoms with Crippen molar-refractivity contribution in [3.8, 4) is 0 Å². The maximum Gasteiger partial charge on any atom is 0.256 e. The third-order valence-electron chi connectivity index (χ3n) is 10.5. The highest BCUT2D eigenvalue weighted by Crippen LogP contribution is 2.34. The van der Waals surface area contributed by atoms with Crippen LogP contribution in [0.1, 0.15) is 78.9 Å². The third kappa shape index (κ3) is 14.4. The molecule has 5 amide bonds. The molecule has 6 heterocycles. The Bertz CT molecular complexity index is 1960. The van der Waals surface area contributed by atoms with E-state index in [1.165, 1.54) is 27.6 Å². The van der Waals surface area contributed by atoms with Crippen LogP contribution in [0.15, 0.2) is 26.4 Å². The molecule has 2 fully saturated rings. The number of thiazole rings is 1. The maximum absolute atomic E-state index is 12.9. The summed E-state index contributed by atoms with van der Waals surface area (Å²) in [4.78, 5) is 75.5. The van der Waals surface area contributed by atoms with E-state index in [2.05, 4.69) is 56.9 Å². The lowest BCUT2D eigenvalue weighted by Crippen LogP contribution is -2.52. The second-order valence-electron chi connectivity index (χ2n) is 16.1. The Labute approximate surface area is 373 Å². The van der Waals surface area contributed by atoms with E-state index in [0.29, 0.717) is 88.2 Å². The minimum Gasteiger partial charge on any atom is -0.444 e. The van der Waals surface area contributed by atoms with Crippen molar-refractivity contribution < 1.29 is 47.3 Å². The van der Waals surface area contributed by atoms with Crippen molar-refractivity contribution in [1.82, 2.24) is 35.7 Å². The number of anilines is 1. The van der Waals surface area contributed by atoms with Gasteiger partial charge in [0, 0.05) is 47.6 Å². The van der Waals surface area contributed by atoms with Gasteiger partial charge in [-0.05, 0) is 37.9 Å². The summed E-state index contributed by atoms with van der Waals surface area (Å²) >= 11 is 4.47. The van der Waals surface area contributed by atoms with Crippen molar-refractivity contribution in [2.45, 2.75) is 81.0 Å². The molecule has 3 aromatic rings. The molecule has 3 aliphatic rings. The summed E-state index contributed by atoms with van der Waals surface area (Å²) in [7, 11) is 0. The van der Waals surface area contributed by atoms with E-state index in [1.807, 2.05) is 0 Å². The number of carbonyl (C=O) groups excluding carboxylic acids is 5. The van der Waals surface area contributed by atoms with Crippen LogP contribution >= 0.6 is 34.4 Å². The maximum atomic E-state index is 12.9. The molecule has 3 aliphatic heterocycles. The summed E-state index contributed by atoms with van der Waals surface area (Å²) in [6.07, 6.45) is 5.68. The zero-order chi connectivity index (χ0) is 43.9. The summed E-state index contributed by atoms with van der Waals surface area (Å²) in [5.41, 5.74) is 1.29. The number of thioether (sulfide) groups is 1. The fourth-order valence-electron chi connectivity index (χ4n) is 6.96. The number of oxazole rings is 1. The van der Waals surface area contributed by atoms with Crippen LogP contribution in [0.5, 0.6) is 0 Å². The molecule has 62 heavy (non-hydrogen) atoms. The summed E-state index contributed by atoms with van der Waals surface area (Å²) in [5.74, 6) is 0.968. The normalized spacial score (nSPS) is 17.4. The molecule has 21 heteroatoms. The molecule has 1 unspecified atom stereocenters. The predicted octanol–water partition coefficient (Wildman–Crippen LogP) is 3.17. The first-order chi connectivity index (χ1) is 29.9. The number of hydrogen-bond acceptors (Lipinski definition) is 17. The second kappa shape index (κ2) is 23.8. The summed E-state index contributed by atoms with van der Waals surface area (Å²) < 4.78 is 29.3. The summed E-state index contributed by atoms with van der Waals surface area (Å²) in [6.45, 7) is 13.7. The number of imide groups is 1. The van der Waals surface area contributed by atoms with Crippen LogP contribution in [0.2, 0.25) is 0 Å². The van der Waals surface area contributed by atoms with Crippen LogP contribution in [0.25, 0.3) is 0 Å². The minimum absolute atomic E-state index is 0.0245. The SMILES string of the molecule is CC(C)(C)c1cnc(CSc2cnc(NC(=O)C3CCN(CCOCCOCCOCCOCCNCC(=O)NCc4scc5c4CN(C4CCC(=O)NC4=O)C5=O)CC3)s2)o1. The lowest BCUT2D eigenvalue weighted by atomic mass is 9.94. The highest BCUT2D eigenvalue weighted by atomic mass is 32.2. The lowest BCUT2D eigenvalue weighted by Gasteiger charge is -2.30. The average molecular weight is 919 g/mol. The largest absolute Gasteiger partial charge is 0.444 e. The Morgan fingerprint density at radius 3 is 2.35 bits per heavy atom. The molecule has 0 spiro atoms. The first kappa shape index (κ1) is 47.7. The molecular formula is C41H58N8O10S3. The highest BCUT2D eigenvalue weighted by molar-refractivity contribution is 8.00. The van der Waals surface area contributed by atoms with Gasteiger partial charge in [0.1, 0.15) is 11.8 Å². The van der Waals surface area contributed by atoms with Crippen LogP contribution < -0.4 is 21.3 Å². The van der Waals surface area contributed by atoms with E-state index in [1.54, 1.807) is 29.5 Å². The number of aromatic nitrogens is 2. The zero-order valence-corrected chi connectivity index (χ0v) is 38.1. The number of nitrogens with zero attached hydrogens (tertiary/aromatic N) is 4. The highest BCUT2D eigenvalue weighted by Gasteiger charge is 2.40. The molecular weight excluding hydrogens is 861 g/mol. The van der Waals surface area contributed by atoms with Gasteiger partial charge in [-0.1, -0.05) is 32.1 Å². The van der Waals surface area contributed by atoms with Crippen LogP contribution in [-0.2, 0) is 62.4 Å². The van der Waals surface area contributed by atoms with Gasteiger partial charge < -0.3 is 49.1 Å². The average Bonchev–Trinajstić information content (AvgIpc) is 4.06. The molecule has 1 atom stereocenters. The molecule has 0 bridgehead atoms. The van der Waals surface area contributed by atoms with Crippen molar-refractivity contribution in [1.29, 1.82) is 0 Å². The van der Waals surface area contributed by atoms with E-state index in [4.69, 9.17) is 23.4 Å². The fraction of sp³-hybridized carbons (Fsp3) is 0.634. The molecule has 2 saturated heterocycles. The molecule has 6 rings (SSSR count). The van der Waals surface area contributed by atoms with E-state index in [-0.39, 0.29) is 61.0 Å². The van der Waals surface area contributed by atoms with Gasteiger partial charge in [0.15, 0.2) is 5.13 Å². The minimum atomic E-state index is -0.663. The number of piperidine rings is 2. The summed E-state index contributed by atoms with van der Waals surface area (Å²) in [5, 5.41) is 13.6. The Morgan fingerprint density at radius 1 is 0.952 bits per heavy atom. The number of amides is 5. The van der Waals surface area contributed by atoms with Crippen molar-refractivity contribution >= 4 is 69.1 Å². The molecule has 18 nitrogen and oxygen atoms in total. The topological polar surface area (TPSA) is 216 Å². The standard InChI is InChI=1S/C41H58N8O10S3/c1-41(2,3)32-21-44-35(59-32)26-61-36-23-45-40(62-36)47-37(52)27-6-9-48(10-7-27)11-13-56-15-17-58-19-18-57-16-14-55-12-8-42-22-34(51)43-20-31-28-24-49(39(54)29(28)25-60-31)30-4-5-33(50)46-38(30)53/h21,23,25,27,30,42H,4-20,22,24,26H2,1-3H3,(H,43,51)(H,45,47,52)(H,46,50,53). The molecule has 340 valence electrons. The van der Waals surface area contributed by atoms with Crippen molar-refractivity contribution in [3.05, 3.63) is 45.4 Å². The van der Waals surface area contributed by atoms with Crippen LogP contribution in [0.4, 0.5) is 5.13 Å². The van der Waals surface area contributed by atoms with Gasteiger partial charge in [-0.15, -0.1) is 23.1 Å². The second-order valence-corrected chi connectivity index (χ2v) is 19.4. The van der Waals surface area contributed by atoms with Gasteiger partial charge in [0.2, 0.25) is 29.5 Å². The molecule has 4 N–H and O–H groups in total. The lowest BCUT2D eigenvalue weighted by molar-refractivity contribution is -0.137. The number of rotatable bonds is 25. The number of carbonyl (C=O) groups is 5. The van der Waals surface area contributed by atoms with Gasteiger partial charge in [-0.3, -0.25) is 29.3 Å². The number of thiophene rings is 1. The first-order valence-electron chi connectivity index (χ1n) is 21.0. The monoisotopic (exact) mass is 918 g/mol. The van der Waals surface area contributed by atoms with Gasteiger partial charge in [0.25, 0.3) is 5.91 Å². The number of likely N-dealkylation sites (tertiary alicyclic amines) is 1. The third-order valence-corrected chi connectivity index (χ3v) is 13.6. The molecule has 0 aliphatic carbocycles. The Balaban J connectivity index is 0.690. The quantitative estimate of drug-likeness (QED) is 0.0546.